The van der Waals surface area contributed by atoms with E-state index in [1.54, 1.807) is 18.3 Å². The van der Waals surface area contributed by atoms with Gasteiger partial charge in [0.25, 0.3) is 0 Å². The molecule has 3 nitrogen and oxygen atoms in total. The molecule has 1 saturated heterocycles. The number of carbonyl (C=O) groups excluding carboxylic acids is 1. The molecule has 0 aliphatic carbocycles. The van der Waals surface area contributed by atoms with E-state index in [1.165, 1.54) is 4.88 Å². The molecule has 1 aliphatic rings. The molecule has 94 valence electrons. The second-order valence-corrected chi connectivity index (χ2v) is 5.63. The van der Waals surface area contributed by atoms with Crippen molar-refractivity contribution in [3.63, 3.8) is 0 Å². The van der Waals surface area contributed by atoms with Crippen LogP contribution in [0.5, 0.6) is 0 Å². The van der Waals surface area contributed by atoms with Gasteiger partial charge in [-0.2, -0.15) is 0 Å². The number of aliphatic hydroxyl groups excluding tert-OH is 1. The second kappa shape index (κ2) is 5.65. The highest BCUT2D eigenvalue weighted by Crippen LogP contribution is 2.34. The van der Waals surface area contributed by atoms with Crippen LogP contribution in [0.3, 0.4) is 0 Å². The number of nitrogens with zero attached hydrogens (tertiary/aromatic N) is 1. The van der Waals surface area contributed by atoms with Crippen molar-refractivity contribution in [1.29, 1.82) is 0 Å². The molecule has 0 spiro atoms. The molecule has 1 aliphatic heterocycles. The van der Waals surface area contributed by atoms with Crippen LogP contribution in [0.1, 0.15) is 43.5 Å². The highest BCUT2D eigenvalue weighted by atomic mass is 32.1. The molecule has 2 heterocycles. The van der Waals surface area contributed by atoms with Gasteiger partial charge in [-0.15, -0.1) is 11.3 Å². The van der Waals surface area contributed by atoms with E-state index in [-0.39, 0.29) is 18.1 Å². The van der Waals surface area contributed by atoms with Gasteiger partial charge in [0.15, 0.2) is 0 Å². The number of hydrogen-bond donors (Lipinski definition) is 1. The molecule has 2 atom stereocenters. The predicted molar refractivity (Wildman–Crippen MR) is 68.9 cm³/mol. The van der Waals surface area contributed by atoms with Crippen molar-refractivity contribution in [2.45, 2.75) is 44.8 Å². The molecule has 1 amide bonds. The zero-order chi connectivity index (χ0) is 12.3. The highest BCUT2D eigenvalue weighted by molar-refractivity contribution is 7.10. The first-order valence-corrected chi connectivity index (χ1v) is 7.07. The van der Waals surface area contributed by atoms with Gasteiger partial charge in [0.05, 0.1) is 12.1 Å². The Morgan fingerprint density at radius 2 is 2.53 bits per heavy atom. The van der Waals surface area contributed by atoms with Gasteiger partial charge in [-0.3, -0.25) is 4.79 Å². The summed E-state index contributed by atoms with van der Waals surface area (Å²) in [5, 5.41) is 11.3. The van der Waals surface area contributed by atoms with Crippen molar-refractivity contribution >= 4 is 17.2 Å². The zero-order valence-corrected chi connectivity index (χ0v) is 10.9. The standard InChI is InChI=1S/C13H19NO2S/c1-10(15)6-7-13(16)14-8-2-4-11(14)12-5-3-9-17-12/h3,5,9-11,15H,2,4,6-8H2,1H3. The van der Waals surface area contributed by atoms with E-state index in [2.05, 4.69) is 11.4 Å². The Kier molecular flexibility index (Phi) is 4.18. The van der Waals surface area contributed by atoms with E-state index in [0.717, 1.165) is 19.4 Å². The summed E-state index contributed by atoms with van der Waals surface area (Å²) in [5.41, 5.74) is 0. The molecule has 4 heteroatoms. The van der Waals surface area contributed by atoms with Crippen LogP contribution in [-0.2, 0) is 4.79 Å². The van der Waals surface area contributed by atoms with Crippen LogP contribution in [-0.4, -0.2) is 28.6 Å². The molecule has 2 unspecified atom stereocenters. The zero-order valence-electron chi connectivity index (χ0n) is 10.1. The van der Waals surface area contributed by atoms with Gasteiger partial charge in [-0.25, -0.2) is 0 Å². The fourth-order valence-corrected chi connectivity index (χ4v) is 3.19. The molecular formula is C13H19NO2S. The van der Waals surface area contributed by atoms with Gasteiger partial charge in [0, 0.05) is 17.8 Å². The lowest BCUT2D eigenvalue weighted by atomic mass is 10.1. The quantitative estimate of drug-likeness (QED) is 0.896. The number of hydrogen-bond acceptors (Lipinski definition) is 3. The van der Waals surface area contributed by atoms with E-state index in [1.807, 2.05) is 11.0 Å². The third-order valence-corrected chi connectivity index (χ3v) is 4.19. The third-order valence-electron chi connectivity index (χ3n) is 3.22. The van der Waals surface area contributed by atoms with Gasteiger partial charge in [0.1, 0.15) is 0 Å². The largest absolute Gasteiger partial charge is 0.393 e. The summed E-state index contributed by atoms with van der Waals surface area (Å²) in [6.07, 6.45) is 2.79. The molecule has 0 radical (unpaired) electrons. The van der Waals surface area contributed by atoms with Gasteiger partial charge in [-0.1, -0.05) is 6.07 Å². The number of rotatable bonds is 4. The van der Waals surface area contributed by atoms with Crippen molar-refractivity contribution in [1.82, 2.24) is 4.90 Å². The summed E-state index contributed by atoms with van der Waals surface area (Å²) in [4.78, 5) is 15.3. The fraction of sp³-hybridized carbons (Fsp3) is 0.615. The molecule has 0 aromatic carbocycles. The van der Waals surface area contributed by atoms with Crippen molar-refractivity contribution < 1.29 is 9.90 Å². The Hall–Kier alpha value is -0.870. The first-order chi connectivity index (χ1) is 8.18. The van der Waals surface area contributed by atoms with Gasteiger partial charge in [0.2, 0.25) is 5.91 Å². The van der Waals surface area contributed by atoms with Crippen LogP contribution in [0.25, 0.3) is 0 Å². The lowest BCUT2D eigenvalue weighted by molar-refractivity contribution is -0.132. The summed E-state index contributed by atoms with van der Waals surface area (Å²) in [6.45, 7) is 2.59. The van der Waals surface area contributed by atoms with Crippen molar-refractivity contribution in [3.05, 3.63) is 22.4 Å². The number of thiophene rings is 1. The molecule has 0 bridgehead atoms. The van der Waals surface area contributed by atoms with E-state index in [0.29, 0.717) is 12.8 Å². The highest BCUT2D eigenvalue weighted by Gasteiger charge is 2.30. The molecule has 1 aromatic rings. The summed E-state index contributed by atoms with van der Waals surface area (Å²) in [6, 6.07) is 4.42. The third kappa shape index (κ3) is 3.07. The minimum Gasteiger partial charge on any atom is -0.393 e. The Morgan fingerprint density at radius 3 is 3.18 bits per heavy atom. The summed E-state index contributed by atoms with van der Waals surface area (Å²) < 4.78 is 0. The van der Waals surface area contributed by atoms with Gasteiger partial charge in [-0.05, 0) is 37.6 Å². The van der Waals surface area contributed by atoms with Crippen LogP contribution in [0, 0.1) is 0 Å². The van der Waals surface area contributed by atoms with E-state index >= 15 is 0 Å². The normalized spacial score (nSPS) is 21.8. The van der Waals surface area contributed by atoms with Gasteiger partial charge < -0.3 is 10.0 Å². The molecule has 1 aromatic heterocycles. The topological polar surface area (TPSA) is 40.5 Å². The summed E-state index contributed by atoms with van der Waals surface area (Å²) >= 11 is 1.72. The Balaban J connectivity index is 1.97. The first kappa shape index (κ1) is 12.6. The molecule has 1 fully saturated rings. The Labute approximate surface area is 106 Å². The average molecular weight is 253 g/mol. The minimum absolute atomic E-state index is 0.182. The maximum absolute atomic E-state index is 12.1. The van der Waals surface area contributed by atoms with Crippen LogP contribution in [0.4, 0.5) is 0 Å². The maximum atomic E-state index is 12.1. The average Bonchev–Trinajstić information content (AvgIpc) is 2.94. The molecular weight excluding hydrogens is 234 g/mol. The number of aliphatic hydroxyl groups is 1. The van der Waals surface area contributed by atoms with Crippen molar-refractivity contribution in [3.8, 4) is 0 Å². The van der Waals surface area contributed by atoms with Crippen LogP contribution < -0.4 is 0 Å². The minimum atomic E-state index is -0.387. The van der Waals surface area contributed by atoms with Crippen molar-refractivity contribution in [2.24, 2.45) is 0 Å². The molecule has 0 saturated carbocycles. The summed E-state index contributed by atoms with van der Waals surface area (Å²) in [7, 11) is 0. The lowest BCUT2D eigenvalue weighted by Crippen LogP contribution is -2.30. The SMILES string of the molecule is CC(O)CCC(=O)N1CCCC1c1cccs1. The number of likely N-dealkylation sites (tertiary alicyclic amines) is 1. The number of amides is 1. The van der Waals surface area contributed by atoms with Crippen molar-refractivity contribution in [2.75, 3.05) is 6.54 Å². The smallest absolute Gasteiger partial charge is 0.223 e. The molecule has 1 N–H and O–H groups in total. The Bertz CT molecular complexity index is 362. The molecule has 17 heavy (non-hydrogen) atoms. The predicted octanol–water partition coefficient (Wildman–Crippen LogP) is 2.57. The molecule has 2 rings (SSSR count). The van der Waals surface area contributed by atoms with Crippen LogP contribution in [0.15, 0.2) is 17.5 Å². The lowest BCUT2D eigenvalue weighted by Gasteiger charge is -2.24. The maximum Gasteiger partial charge on any atom is 0.223 e. The van der Waals surface area contributed by atoms with E-state index < -0.39 is 0 Å². The van der Waals surface area contributed by atoms with Crippen LogP contribution in [0.2, 0.25) is 0 Å². The van der Waals surface area contributed by atoms with Gasteiger partial charge >= 0.3 is 0 Å². The second-order valence-electron chi connectivity index (χ2n) is 4.65. The van der Waals surface area contributed by atoms with Crippen LogP contribution >= 0.6 is 11.3 Å². The first-order valence-electron chi connectivity index (χ1n) is 6.19. The Morgan fingerprint density at radius 1 is 1.71 bits per heavy atom. The monoisotopic (exact) mass is 253 g/mol. The summed E-state index contributed by atoms with van der Waals surface area (Å²) in [5.74, 6) is 0.182. The number of carbonyl (C=O) groups is 1. The van der Waals surface area contributed by atoms with E-state index in [9.17, 15) is 9.90 Å². The van der Waals surface area contributed by atoms with E-state index in [4.69, 9.17) is 0 Å². The fourth-order valence-electron chi connectivity index (χ4n) is 2.32.